The van der Waals surface area contributed by atoms with Gasteiger partial charge in [-0.1, -0.05) is 80.8 Å². The number of carbonyl (C=O) groups is 2. The molecule has 1 fully saturated rings. The lowest BCUT2D eigenvalue weighted by molar-refractivity contribution is -0.134. The quantitative estimate of drug-likeness (QED) is 0.512. The number of carbonyl (C=O) groups excluding carboxylic acids is 2. The van der Waals surface area contributed by atoms with Crippen LogP contribution in [-0.4, -0.2) is 32.9 Å². The smallest absolute Gasteiger partial charge is 0.271 e. The summed E-state index contributed by atoms with van der Waals surface area (Å²) in [7, 11) is 0. The Kier molecular flexibility index (Phi) is 6.50. The molecule has 5 heteroatoms. The van der Waals surface area contributed by atoms with Gasteiger partial charge in [0, 0.05) is 18.3 Å². The number of amides is 2. The number of hydrogen-bond donors (Lipinski definition) is 1. The average Bonchev–Trinajstić information content (AvgIpc) is 3.31. The monoisotopic (exact) mass is 469 g/mol. The first kappa shape index (κ1) is 23.4. The number of rotatable bonds is 6. The summed E-state index contributed by atoms with van der Waals surface area (Å²) in [6, 6.07) is 22.6. The Hall–Kier alpha value is -3.34. The molecule has 1 aliphatic heterocycles. The van der Waals surface area contributed by atoms with Gasteiger partial charge in [0.2, 0.25) is 5.91 Å². The number of nitrogens with one attached hydrogen (secondary N) is 1. The molecule has 1 N–H and O–H groups in total. The zero-order chi connectivity index (χ0) is 24.4. The first-order chi connectivity index (χ1) is 17.0. The molecule has 0 unspecified atom stereocenters. The van der Waals surface area contributed by atoms with E-state index >= 15 is 0 Å². The Balaban J connectivity index is 1.52. The van der Waals surface area contributed by atoms with Gasteiger partial charge in [-0.05, 0) is 55.0 Å². The number of nitrogens with zero attached hydrogens (tertiary/aromatic N) is 2. The molecule has 182 valence electrons. The van der Waals surface area contributed by atoms with Gasteiger partial charge in [0.15, 0.2) is 0 Å². The van der Waals surface area contributed by atoms with Crippen LogP contribution < -0.4 is 5.32 Å². The van der Waals surface area contributed by atoms with E-state index in [2.05, 4.69) is 36.5 Å². The molecule has 0 bridgehead atoms. The molecule has 0 saturated heterocycles. The van der Waals surface area contributed by atoms with Crippen LogP contribution in [0.5, 0.6) is 0 Å². The van der Waals surface area contributed by atoms with Crippen molar-refractivity contribution < 1.29 is 9.59 Å². The highest BCUT2D eigenvalue weighted by Crippen LogP contribution is 2.34. The number of hydrogen-bond acceptors (Lipinski definition) is 2. The highest BCUT2D eigenvalue weighted by atomic mass is 16.2. The molecule has 1 aliphatic carbocycles. The normalized spacial score (nSPS) is 20.5. The lowest BCUT2D eigenvalue weighted by atomic mass is 9.91. The van der Waals surface area contributed by atoms with Crippen molar-refractivity contribution in [1.82, 2.24) is 14.8 Å². The molecular formula is C30H35N3O2. The van der Waals surface area contributed by atoms with E-state index in [4.69, 9.17) is 0 Å². The van der Waals surface area contributed by atoms with E-state index < -0.39 is 5.54 Å². The molecule has 1 atom stereocenters. The van der Waals surface area contributed by atoms with E-state index in [9.17, 15) is 9.59 Å². The molecule has 2 heterocycles. The SMILES string of the molecule is CCc1ccc(CN2C(=O)c3ccc(-c4ccccc4)n3C[C@]2(C)C(=O)NC2CCCCC2)cc1. The van der Waals surface area contributed by atoms with Crippen LogP contribution in [0, 0.1) is 0 Å². The van der Waals surface area contributed by atoms with Crippen molar-refractivity contribution in [3.63, 3.8) is 0 Å². The minimum Gasteiger partial charge on any atom is -0.351 e. The molecule has 5 nitrogen and oxygen atoms in total. The highest BCUT2D eigenvalue weighted by Gasteiger charge is 2.48. The number of benzene rings is 2. The van der Waals surface area contributed by atoms with E-state index in [1.165, 1.54) is 12.0 Å². The van der Waals surface area contributed by atoms with Crippen LogP contribution in [0.2, 0.25) is 0 Å². The van der Waals surface area contributed by atoms with E-state index in [1.54, 1.807) is 4.90 Å². The molecule has 5 rings (SSSR count). The van der Waals surface area contributed by atoms with Crippen molar-refractivity contribution in [2.75, 3.05) is 0 Å². The Morgan fingerprint density at radius 3 is 2.26 bits per heavy atom. The molecule has 1 aromatic heterocycles. The molecule has 0 radical (unpaired) electrons. The van der Waals surface area contributed by atoms with Crippen molar-refractivity contribution >= 4 is 11.8 Å². The molecule has 2 aromatic carbocycles. The van der Waals surface area contributed by atoms with E-state index in [1.807, 2.05) is 54.0 Å². The second kappa shape index (κ2) is 9.73. The number of aromatic nitrogens is 1. The summed E-state index contributed by atoms with van der Waals surface area (Å²) in [5.74, 6) is -0.152. The summed E-state index contributed by atoms with van der Waals surface area (Å²) in [6.07, 6.45) is 6.52. The summed E-state index contributed by atoms with van der Waals surface area (Å²) in [5, 5.41) is 3.32. The van der Waals surface area contributed by atoms with E-state index in [0.29, 0.717) is 18.8 Å². The minimum absolute atomic E-state index is 0.0544. The maximum atomic E-state index is 13.9. The van der Waals surface area contributed by atoms with Gasteiger partial charge < -0.3 is 14.8 Å². The van der Waals surface area contributed by atoms with Crippen LogP contribution in [0.1, 0.15) is 67.6 Å². The summed E-state index contributed by atoms with van der Waals surface area (Å²) in [4.78, 5) is 29.6. The molecule has 35 heavy (non-hydrogen) atoms. The zero-order valence-electron chi connectivity index (χ0n) is 20.8. The van der Waals surface area contributed by atoms with Crippen LogP contribution in [0.3, 0.4) is 0 Å². The molecule has 3 aromatic rings. The fraction of sp³-hybridized carbons (Fsp3) is 0.400. The lowest BCUT2D eigenvalue weighted by Crippen LogP contribution is -2.64. The Bertz CT molecular complexity index is 1190. The van der Waals surface area contributed by atoms with Crippen molar-refractivity contribution in [1.29, 1.82) is 0 Å². The zero-order valence-corrected chi connectivity index (χ0v) is 20.8. The summed E-state index contributed by atoms with van der Waals surface area (Å²) >= 11 is 0. The molecule has 2 aliphatic rings. The van der Waals surface area contributed by atoms with Gasteiger partial charge in [-0.15, -0.1) is 0 Å². The predicted octanol–water partition coefficient (Wildman–Crippen LogP) is 5.58. The topological polar surface area (TPSA) is 54.3 Å². The van der Waals surface area contributed by atoms with Crippen molar-refractivity contribution in [2.24, 2.45) is 0 Å². The summed E-state index contributed by atoms with van der Waals surface area (Å²) in [5.41, 5.74) is 3.96. The Labute approximate surface area is 208 Å². The standard InChI is InChI=1S/C30H35N3O2/c1-3-22-14-16-23(17-15-22)20-33-28(34)27-19-18-26(24-10-6-4-7-11-24)32(27)21-30(33,2)29(35)31-25-12-8-5-9-13-25/h4,6-7,10-11,14-19,25H,3,5,8-9,12-13,20-21H2,1-2H3,(H,31,35)/t30-/m1/s1. The largest absolute Gasteiger partial charge is 0.351 e. The third kappa shape index (κ3) is 4.52. The maximum absolute atomic E-state index is 13.9. The lowest BCUT2D eigenvalue weighted by Gasteiger charge is -2.45. The van der Waals surface area contributed by atoms with Gasteiger partial charge in [0.1, 0.15) is 11.2 Å². The van der Waals surface area contributed by atoms with Gasteiger partial charge in [-0.3, -0.25) is 9.59 Å². The first-order valence-electron chi connectivity index (χ1n) is 13.0. The summed E-state index contributed by atoms with van der Waals surface area (Å²) < 4.78 is 2.04. The minimum atomic E-state index is -0.993. The third-order valence-electron chi connectivity index (χ3n) is 7.78. The van der Waals surface area contributed by atoms with Gasteiger partial charge in [0.05, 0.1) is 6.54 Å². The molecule has 1 saturated carbocycles. The fourth-order valence-electron chi connectivity index (χ4n) is 5.53. The average molecular weight is 470 g/mol. The third-order valence-corrected chi connectivity index (χ3v) is 7.78. The van der Waals surface area contributed by atoms with Crippen LogP contribution >= 0.6 is 0 Å². The van der Waals surface area contributed by atoms with Crippen molar-refractivity contribution in [3.8, 4) is 11.3 Å². The second-order valence-electron chi connectivity index (χ2n) is 10.2. The van der Waals surface area contributed by atoms with Gasteiger partial charge in [0.25, 0.3) is 5.91 Å². The van der Waals surface area contributed by atoms with Crippen LogP contribution in [0.15, 0.2) is 66.7 Å². The van der Waals surface area contributed by atoms with Crippen LogP contribution in [-0.2, 0) is 24.3 Å². The molecule has 0 spiro atoms. The van der Waals surface area contributed by atoms with E-state index in [-0.39, 0.29) is 17.9 Å². The first-order valence-corrected chi connectivity index (χ1v) is 13.0. The van der Waals surface area contributed by atoms with Crippen molar-refractivity contribution in [3.05, 3.63) is 83.6 Å². The number of aryl methyl sites for hydroxylation is 1. The fourth-order valence-corrected chi connectivity index (χ4v) is 5.53. The number of fused-ring (bicyclic) bond motifs is 1. The maximum Gasteiger partial charge on any atom is 0.271 e. The van der Waals surface area contributed by atoms with Crippen LogP contribution in [0.4, 0.5) is 0 Å². The Morgan fingerprint density at radius 1 is 0.914 bits per heavy atom. The highest BCUT2D eigenvalue weighted by molar-refractivity contribution is 6.00. The van der Waals surface area contributed by atoms with Gasteiger partial charge in [-0.25, -0.2) is 0 Å². The second-order valence-corrected chi connectivity index (χ2v) is 10.2. The van der Waals surface area contributed by atoms with Gasteiger partial charge in [-0.2, -0.15) is 0 Å². The van der Waals surface area contributed by atoms with Crippen molar-refractivity contribution in [2.45, 2.75) is 77.0 Å². The molecular weight excluding hydrogens is 434 g/mol. The Morgan fingerprint density at radius 2 is 1.57 bits per heavy atom. The van der Waals surface area contributed by atoms with Crippen LogP contribution in [0.25, 0.3) is 11.3 Å². The molecule has 2 amide bonds. The van der Waals surface area contributed by atoms with E-state index in [0.717, 1.165) is 48.9 Å². The predicted molar refractivity (Wildman–Crippen MR) is 139 cm³/mol. The summed E-state index contributed by atoms with van der Waals surface area (Å²) in [6.45, 7) is 4.90. The van der Waals surface area contributed by atoms with Gasteiger partial charge >= 0.3 is 0 Å².